The van der Waals surface area contributed by atoms with Crippen molar-refractivity contribution in [1.82, 2.24) is 0 Å². The molecule has 0 fully saturated rings. The van der Waals surface area contributed by atoms with Gasteiger partial charge in [-0.25, -0.2) is 0 Å². The number of nitrogens with two attached hydrogens (primary N) is 1. The SMILES string of the molecule is C=CC(N)O[PH](=O)C(O)C=C. The van der Waals surface area contributed by atoms with Crippen molar-refractivity contribution >= 4 is 8.03 Å². The third-order valence-corrected chi connectivity index (χ3v) is 2.17. The van der Waals surface area contributed by atoms with Crippen molar-refractivity contribution in [2.45, 2.75) is 12.1 Å². The monoisotopic (exact) mass is 177 g/mol. The maximum absolute atomic E-state index is 10.9. The Morgan fingerprint density at radius 3 is 2.45 bits per heavy atom. The van der Waals surface area contributed by atoms with Gasteiger partial charge in [0.05, 0.1) is 0 Å². The van der Waals surface area contributed by atoms with Crippen LogP contribution in [0.1, 0.15) is 0 Å². The van der Waals surface area contributed by atoms with Gasteiger partial charge in [-0.15, -0.1) is 0 Å². The minimum absolute atomic E-state index is 0.795. The lowest BCUT2D eigenvalue weighted by atomic mass is 10.6. The van der Waals surface area contributed by atoms with Crippen LogP contribution in [-0.4, -0.2) is 17.2 Å². The summed E-state index contributed by atoms with van der Waals surface area (Å²) in [7, 11) is -2.54. The molecule has 5 heteroatoms. The number of rotatable bonds is 5. The van der Waals surface area contributed by atoms with Crippen LogP contribution in [0.2, 0.25) is 0 Å². The Morgan fingerprint density at radius 1 is 1.55 bits per heavy atom. The van der Waals surface area contributed by atoms with Gasteiger partial charge in [0, 0.05) is 0 Å². The van der Waals surface area contributed by atoms with E-state index in [2.05, 4.69) is 17.7 Å². The van der Waals surface area contributed by atoms with Crippen molar-refractivity contribution in [2.75, 3.05) is 0 Å². The highest BCUT2D eigenvalue weighted by molar-refractivity contribution is 7.40. The average Bonchev–Trinajstić information content (AvgIpc) is 2.02. The van der Waals surface area contributed by atoms with Gasteiger partial charge in [0.1, 0.15) is 12.1 Å². The summed E-state index contributed by atoms with van der Waals surface area (Å²) in [6.07, 6.45) is 1.63. The molecule has 0 aromatic rings. The van der Waals surface area contributed by atoms with E-state index in [-0.39, 0.29) is 0 Å². The maximum Gasteiger partial charge on any atom is 0.224 e. The summed E-state index contributed by atoms with van der Waals surface area (Å²) in [4.78, 5) is 0. The topological polar surface area (TPSA) is 72.5 Å². The van der Waals surface area contributed by atoms with Crippen LogP contribution >= 0.6 is 8.03 Å². The zero-order valence-corrected chi connectivity index (χ0v) is 7.06. The highest BCUT2D eigenvalue weighted by Gasteiger charge is 2.10. The van der Waals surface area contributed by atoms with Crippen molar-refractivity contribution < 1.29 is 14.2 Å². The molecule has 0 saturated heterocycles. The van der Waals surface area contributed by atoms with Gasteiger partial charge >= 0.3 is 0 Å². The molecule has 3 atom stereocenters. The summed E-state index contributed by atoms with van der Waals surface area (Å²) in [5, 5.41) is 8.87. The van der Waals surface area contributed by atoms with Crippen molar-refractivity contribution in [1.29, 1.82) is 0 Å². The minimum Gasteiger partial charge on any atom is -0.379 e. The lowest BCUT2D eigenvalue weighted by Gasteiger charge is -2.09. The van der Waals surface area contributed by atoms with Gasteiger partial charge < -0.3 is 15.4 Å². The zero-order valence-electron chi connectivity index (χ0n) is 6.06. The molecule has 0 aliphatic heterocycles. The van der Waals surface area contributed by atoms with Crippen LogP contribution in [0.3, 0.4) is 0 Å². The van der Waals surface area contributed by atoms with Crippen LogP contribution in [-0.2, 0) is 9.09 Å². The van der Waals surface area contributed by atoms with E-state index >= 15 is 0 Å². The van der Waals surface area contributed by atoms with Crippen molar-refractivity contribution in [2.24, 2.45) is 5.73 Å². The Morgan fingerprint density at radius 2 is 2.09 bits per heavy atom. The predicted molar refractivity (Wildman–Crippen MR) is 44.5 cm³/mol. The Bertz CT molecular complexity index is 171. The van der Waals surface area contributed by atoms with Crippen LogP contribution in [0.25, 0.3) is 0 Å². The van der Waals surface area contributed by atoms with Crippen LogP contribution in [0.5, 0.6) is 0 Å². The Kier molecular flexibility index (Phi) is 5.07. The molecule has 0 aliphatic carbocycles. The second kappa shape index (κ2) is 5.27. The first-order chi connectivity index (χ1) is 5.11. The molecule has 0 bridgehead atoms. The van der Waals surface area contributed by atoms with E-state index in [1.165, 1.54) is 6.08 Å². The van der Waals surface area contributed by atoms with E-state index in [0.717, 1.165) is 6.08 Å². The second-order valence-electron chi connectivity index (χ2n) is 1.82. The van der Waals surface area contributed by atoms with Gasteiger partial charge in [0.2, 0.25) is 8.03 Å². The maximum atomic E-state index is 10.9. The van der Waals surface area contributed by atoms with E-state index < -0.39 is 20.1 Å². The number of hydrogen-bond donors (Lipinski definition) is 2. The molecule has 0 aromatic heterocycles. The Labute approximate surface area is 66.2 Å². The van der Waals surface area contributed by atoms with Crippen molar-refractivity contribution in [3.63, 3.8) is 0 Å². The van der Waals surface area contributed by atoms with E-state index in [4.69, 9.17) is 10.8 Å². The van der Waals surface area contributed by atoms with Gasteiger partial charge in [-0.2, -0.15) is 0 Å². The van der Waals surface area contributed by atoms with Crippen LogP contribution in [0.15, 0.2) is 25.3 Å². The van der Waals surface area contributed by atoms with Crippen molar-refractivity contribution in [3.8, 4) is 0 Å². The van der Waals surface area contributed by atoms with E-state index in [1.54, 1.807) is 0 Å². The first-order valence-corrected chi connectivity index (χ1v) is 4.40. The van der Waals surface area contributed by atoms with E-state index in [9.17, 15) is 4.57 Å². The second-order valence-corrected chi connectivity index (χ2v) is 3.28. The highest BCUT2D eigenvalue weighted by atomic mass is 31.1. The van der Waals surface area contributed by atoms with E-state index in [1.807, 2.05) is 0 Å². The molecule has 0 radical (unpaired) electrons. The fourth-order valence-electron chi connectivity index (χ4n) is 0.348. The summed E-state index contributed by atoms with van der Waals surface area (Å²) < 4.78 is 15.5. The average molecular weight is 177 g/mol. The fraction of sp³-hybridized carbons (Fsp3) is 0.333. The molecule has 3 N–H and O–H groups in total. The smallest absolute Gasteiger partial charge is 0.224 e. The van der Waals surface area contributed by atoms with Gasteiger partial charge in [-0.1, -0.05) is 19.2 Å². The molecule has 64 valence electrons. The van der Waals surface area contributed by atoms with Gasteiger partial charge in [-0.05, 0) is 6.08 Å². The molecule has 0 heterocycles. The number of hydrogen-bond acceptors (Lipinski definition) is 4. The number of aliphatic hydroxyl groups is 1. The normalized spacial score (nSPS) is 18.4. The molecule has 11 heavy (non-hydrogen) atoms. The molecule has 0 amide bonds. The Balaban J connectivity index is 3.86. The van der Waals surface area contributed by atoms with Crippen LogP contribution in [0, 0.1) is 0 Å². The molecule has 0 aromatic carbocycles. The van der Waals surface area contributed by atoms with Gasteiger partial charge in [0.15, 0.2) is 0 Å². The fourth-order valence-corrected chi connectivity index (χ4v) is 1.04. The first-order valence-electron chi connectivity index (χ1n) is 3.01. The third kappa shape index (κ3) is 4.11. The minimum atomic E-state index is -2.54. The van der Waals surface area contributed by atoms with E-state index in [0.29, 0.717) is 0 Å². The summed E-state index contributed by atoms with van der Waals surface area (Å²) in [5.74, 6) is -1.13. The lowest BCUT2D eigenvalue weighted by Crippen LogP contribution is -2.18. The Hall–Kier alpha value is -0.410. The zero-order chi connectivity index (χ0) is 8.85. The standard InChI is InChI=1S/C6H12NO3P/c1-3-5(7)10-11(9)6(8)4-2/h3-6,8,11H,1-2,7H2. The summed E-state index contributed by atoms with van der Waals surface area (Å²) in [5.41, 5.74) is 5.21. The molecular weight excluding hydrogens is 165 g/mol. The van der Waals surface area contributed by atoms with Crippen LogP contribution < -0.4 is 5.73 Å². The molecule has 4 nitrogen and oxygen atoms in total. The van der Waals surface area contributed by atoms with Gasteiger partial charge in [0.25, 0.3) is 0 Å². The molecule has 0 aliphatic rings. The van der Waals surface area contributed by atoms with Crippen molar-refractivity contribution in [3.05, 3.63) is 25.3 Å². The summed E-state index contributed by atoms with van der Waals surface area (Å²) in [6, 6.07) is 0. The predicted octanol–water partition coefficient (Wildman–Crippen LogP) is 0.453. The quantitative estimate of drug-likeness (QED) is 0.363. The molecular formula is C6H12NO3P. The summed E-state index contributed by atoms with van der Waals surface area (Å²) in [6.45, 7) is 6.56. The first kappa shape index (κ1) is 10.6. The molecule has 0 rings (SSSR count). The summed E-state index contributed by atoms with van der Waals surface area (Å²) >= 11 is 0. The molecule has 0 saturated carbocycles. The van der Waals surface area contributed by atoms with Crippen LogP contribution in [0.4, 0.5) is 0 Å². The third-order valence-electron chi connectivity index (χ3n) is 0.949. The van der Waals surface area contributed by atoms with Gasteiger partial charge in [-0.3, -0.25) is 4.57 Å². The highest BCUT2D eigenvalue weighted by Crippen LogP contribution is 2.28. The molecule has 0 spiro atoms. The number of aliphatic hydroxyl groups excluding tert-OH is 1. The largest absolute Gasteiger partial charge is 0.379 e. The lowest BCUT2D eigenvalue weighted by molar-refractivity contribution is 0.225. The molecule has 3 unspecified atom stereocenters.